The van der Waals surface area contributed by atoms with Gasteiger partial charge in [0.1, 0.15) is 6.04 Å². The summed E-state index contributed by atoms with van der Waals surface area (Å²) in [7, 11) is 0. The number of rotatable bonds is 5. The molecular formula is C20H22N2O4. The summed E-state index contributed by atoms with van der Waals surface area (Å²) >= 11 is 0. The molecular weight excluding hydrogens is 332 g/mol. The van der Waals surface area contributed by atoms with E-state index in [2.05, 4.69) is 10.3 Å². The summed E-state index contributed by atoms with van der Waals surface area (Å²) in [5.74, 6) is -1.69. The molecule has 0 radical (unpaired) electrons. The number of aliphatic carboxylic acids is 1. The molecule has 26 heavy (non-hydrogen) atoms. The van der Waals surface area contributed by atoms with E-state index in [0.29, 0.717) is 24.5 Å². The summed E-state index contributed by atoms with van der Waals surface area (Å²) in [5, 5.41) is 12.1. The minimum absolute atomic E-state index is 0.220. The number of pyridine rings is 1. The molecule has 2 atom stereocenters. The van der Waals surface area contributed by atoms with E-state index in [9.17, 15) is 14.7 Å². The molecule has 3 rings (SSSR count). The molecule has 6 heteroatoms. The zero-order chi connectivity index (χ0) is 18.5. The molecule has 1 aromatic carbocycles. The number of aryl methyl sites for hydroxylation is 1. The molecule has 0 bridgehead atoms. The number of benzene rings is 1. The minimum Gasteiger partial charge on any atom is -0.480 e. The molecule has 1 saturated heterocycles. The predicted octanol–water partition coefficient (Wildman–Crippen LogP) is 2.67. The van der Waals surface area contributed by atoms with Gasteiger partial charge in [-0.1, -0.05) is 30.3 Å². The lowest BCUT2D eigenvalue weighted by Crippen LogP contribution is -2.48. The highest BCUT2D eigenvalue weighted by Crippen LogP contribution is 2.21. The van der Waals surface area contributed by atoms with E-state index in [4.69, 9.17) is 4.74 Å². The quantitative estimate of drug-likeness (QED) is 0.862. The van der Waals surface area contributed by atoms with Crippen LogP contribution in [0.25, 0.3) is 11.3 Å². The molecule has 1 fully saturated rings. The van der Waals surface area contributed by atoms with Crippen LogP contribution in [0.3, 0.4) is 0 Å². The molecule has 2 heterocycles. The number of nitrogens with zero attached hydrogens (tertiary/aromatic N) is 1. The third-order valence-corrected chi connectivity index (χ3v) is 4.62. The van der Waals surface area contributed by atoms with Gasteiger partial charge in [0.25, 0.3) is 5.91 Å². The normalized spacial score (nSPS) is 18.1. The molecule has 136 valence electrons. The van der Waals surface area contributed by atoms with Gasteiger partial charge >= 0.3 is 5.97 Å². The van der Waals surface area contributed by atoms with Gasteiger partial charge < -0.3 is 15.2 Å². The second kappa shape index (κ2) is 8.10. The fourth-order valence-electron chi connectivity index (χ4n) is 3.20. The van der Waals surface area contributed by atoms with Gasteiger partial charge in [0.05, 0.1) is 23.6 Å². The van der Waals surface area contributed by atoms with E-state index < -0.39 is 17.9 Å². The van der Waals surface area contributed by atoms with Crippen LogP contribution in [0.5, 0.6) is 0 Å². The summed E-state index contributed by atoms with van der Waals surface area (Å²) in [5.41, 5.74) is 2.68. The highest BCUT2D eigenvalue weighted by atomic mass is 16.5. The van der Waals surface area contributed by atoms with Crippen molar-refractivity contribution in [3.05, 3.63) is 53.7 Å². The average Bonchev–Trinajstić information content (AvgIpc) is 2.67. The Balaban J connectivity index is 1.77. The standard InChI is InChI=1S/C20H22N2O4/c1-13-16(9-10-17(21-13)14-6-3-2-4-7-14)19(23)22-18(20(24)25)15-8-5-11-26-12-15/h2-4,6-7,9-10,15,18H,5,8,11-12H2,1H3,(H,22,23)(H,24,25). The van der Waals surface area contributed by atoms with Crippen LogP contribution in [0.2, 0.25) is 0 Å². The fraction of sp³-hybridized carbons (Fsp3) is 0.350. The smallest absolute Gasteiger partial charge is 0.326 e. The number of carboxylic acid groups (broad SMARTS) is 1. The number of aromatic nitrogens is 1. The zero-order valence-electron chi connectivity index (χ0n) is 14.6. The molecule has 1 aliphatic heterocycles. The van der Waals surface area contributed by atoms with Crippen molar-refractivity contribution >= 4 is 11.9 Å². The number of nitrogens with one attached hydrogen (secondary N) is 1. The SMILES string of the molecule is Cc1nc(-c2ccccc2)ccc1C(=O)NC(C(=O)O)C1CCCOC1. The topological polar surface area (TPSA) is 88.5 Å². The summed E-state index contributed by atoms with van der Waals surface area (Å²) in [6, 6.07) is 12.2. The van der Waals surface area contributed by atoms with Crippen LogP contribution < -0.4 is 5.32 Å². The Labute approximate surface area is 152 Å². The molecule has 6 nitrogen and oxygen atoms in total. The summed E-state index contributed by atoms with van der Waals surface area (Å²) in [6.07, 6.45) is 1.53. The van der Waals surface area contributed by atoms with Gasteiger partial charge in [-0.25, -0.2) is 4.79 Å². The Bertz CT molecular complexity index is 786. The van der Waals surface area contributed by atoms with Crippen LogP contribution in [0.4, 0.5) is 0 Å². The van der Waals surface area contributed by atoms with Crippen molar-refractivity contribution in [2.24, 2.45) is 5.92 Å². The van der Waals surface area contributed by atoms with Crippen LogP contribution >= 0.6 is 0 Å². The third-order valence-electron chi connectivity index (χ3n) is 4.62. The lowest BCUT2D eigenvalue weighted by atomic mass is 9.93. The first-order chi connectivity index (χ1) is 12.6. The first kappa shape index (κ1) is 18.1. The van der Waals surface area contributed by atoms with Gasteiger partial charge in [0.15, 0.2) is 0 Å². The van der Waals surface area contributed by atoms with Crippen molar-refractivity contribution in [2.75, 3.05) is 13.2 Å². The van der Waals surface area contributed by atoms with Crippen LogP contribution in [0.15, 0.2) is 42.5 Å². The van der Waals surface area contributed by atoms with Crippen LogP contribution in [-0.4, -0.2) is 41.2 Å². The third kappa shape index (κ3) is 4.08. The Kier molecular flexibility index (Phi) is 5.63. The molecule has 2 N–H and O–H groups in total. The van der Waals surface area contributed by atoms with E-state index in [1.54, 1.807) is 19.1 Å². The molecule has 2 unspecified atom stereocenters. The van der Waals surface area contributed by atoms with E-state index in [1.807, 2.05) is 30.3 Å². The molecule has 2 aromatic rings. The minimum atomic E-state index is -1.04. The summed E-state index contributed by atoms with van der Waals surface area (Å²) in [6.45, 7) is 2.74. The monoisotopic (exact) mass is 354 g/mol. The molecule has 0 spiro atoms. The van der Waals surface area contributed by atoms with E-state index in [-0.39, 0.29) is 5.92 Å². The van der Waals surface area contributed by atoms with E-state index in [1.165, 1.54) is 0 Å². The van der Waals surface area contributed by atoms with Crippen molar-refractivity contribution in [1.29, 1.82) is 0 Å². The maximum atomic E-state index is 12.6. The van der Waals surface area contributed by atoms with E-state index in [0.717, 1.165) is 24.1 Å². The zero-order valence-corrected chi connectivity index (χ0v) is 14.6. The number of ether oxygens (including phenoxy) is 1. The molecule has 1 amide bonds. The van der Waals surface area contributed by atoms with Crippen molar-refractivity contribution in [1.82, 2.24) is 10.3 Å². The van der Waals surface area contributed by atoms with Crippen molar-refractivity contribution in [3.8, 4) is 11.3 Å². The lowest BCUT2D eigenvalue weighted by molar-refractivity contribution is -0.142. The first-order valence-electron chi connectivity index (χ1n) is 8.70. The molecule has 1 aliphatic rings. The highest BCUT2D eigenvalue weighted by Gasteiger charge is 2.32. The van der Waals surface area contributed by atoms with Gasteiger partial charge in [-0.15, -0.1) is 0 Å². The van der Waals surface area contributed by atoms with Crippen LogP contribution in [-0.2, 0) is 9.53 Å². The van der Waals surface area contributed by atoms with Crippen molar-refractivity contribution in [2.45, 2.75) is 25.8 Å². The number of carboxylic acids is 1. The first-order valence-corrected chi connectivity index (χ1v) is 8.70. The Morgan fingerprint density at radius 1 is 1.23 bits per heavy atom. The van der Waals surface area contributed by atoms with Gasteiger partial charge in [0, 0.05) is 18.1 Å². The summed E-state index contributed by atoms with van der Waals surface area (Å²) in [4.78, 5) is 28.7. The Morgan fingerprint density at radius 2 is 2.00 bits per heavy atom. The number of hydrogen-bond acceptors (Lipinski definition) is 4. The number of amides is 1. The van der Waals surface area contributed by atoms with Gasteiger partial charge in [-0.2, -0.15) is 0 Å². The van der Waals surface area contributed by atoms with Crippen molar-refractivity contribution in [3.63, 3.8) is 0 Å². The second-order valence-corrected chi connectivity index (χ2v) is 6.46. The summed E-state index contributed by atoms with van der Waals surface area (Å²) < 4.78 is 5.36. The average molecular weight is 354 g/mol. The largest absolute Gasteiger partial charge is 0.480 e. The van der Waals surface area contributed by atoms with Gasteiger partial charge in [-0.05, 0) is 31.9 Å². The lowest BCUT2D eigenvalue weighted by Gasteiger charge is -2.28. The number of hydrogen-bond donors (Lipinski definition) is 2. The van der Waals surface area contributed by atoms with E-state index >= 15 is 0 Å². The second-order valence-electron chi connectivity index (χ2n) is 6.46. The number of carbonyl (C=O) groups excluding carboxylic acids is 1. The van der Waals surface area contributed by atoms with Gasteiger partial charge in [0.2, 0.25) is 0 Å². The predicted molar refractivity (Wildman–Crippen MR) is 96.8 cm³/mol. The maximum absolute atomic E-state index is 12.6. The van der Waals surface area contributed by atoms with Crippen LogP contribution in [0.1, 0.15) is 28.9 Å². The molecule has 1 aromatic heterocycles. The molecule has 0 saturated carbocycles. The molecule has 0 aliphatic carbocycles. The van der Waals surface area contributed by atoms with Gasteiger partial charge in [-0.3, -0.25) is 9.78 Å². The van der Waals surface area contributed by atoms with Crippen LogP contribution in [0, 0.1) is 12.8 Å². The maximum Gasteiger partial charge on any atom is 0.326 e. The Hall–Kier alpha value is -2.73. The highest BCUT2D eigenvalue weighted by molar-refractivity contribution is 5.97. The van der Waals surface area contributed by atoms with Crippen molar-refractivity contribution < 1.29 is 19.4 Å². The Morgan fingerprint density at radius 3 is 2.62 bits per heavy atom. The number of carbonyl (C=O) groups is 2. The fourth-order valence-corrected chi connectivity index (χ4v) is 3.20.